The molecule has 0 saturated heterocycles. The molecule has 2 atom stereocenters. The molecule has 3 rings (SSSR count). The molecule has 2 aromatic rings. The van der Waals surface area contributed by atoms with Gasteiger partial charge in [-0.25, -0.2) is 9.59 Å². The summed E-state index contributed by atoms with van der Waals surface area (Å²) in [6.45, 7) is 5.04. The lowest BCUT2D eigenvalue weighted by atomic mass is 9.98. The van der Waals surface area contributed by atoms with Crippen LogP contribution in [-0.2, 0) is 14.3 Å². The van der Waals surface area contributed by atoms with Gasteiger partial charge >= 0.3 is 12.1 Å². The van der Waals surface area contributed by atoms with Gasteiger partial charge in [-0.1, -0.05) is 110 Å². The number of carbonyl (C=O) groups excluding carboxylic acids is 2. The molecule has 0 unspecified atom stereocenters. The zero-order valence-corrected chi connectivity index (χ0v) is 28.4. The third-order valence-corrected chi connectivity index (χ3v) is 10.2. The van der Waals surface area contributed by atoms with Gasteiger partial charge in [-0.15, -0.1) is 0 Å². The molecule has 0 fully saturated rings. The van der Waals surface area contributed by atoms with E-state index in [1.54, 1.807) is 11.8 Å². The standard InChI is InChI=1S/C30H39N3O4S5/c1-19(2)26(18-42-29(38)31-14-16-41-30(39)33-25(13-15-40-4)27(34)36-3)32-28(35)37-17-24-22-11-7-5-9-20(22)21-10-6-8-12-23(21)24/h5-12,19,24-26H,13-18H2,1-4H3,(H,31,38)(H,32,35)(H,33,39)/t25-,26+/m0/s1. The van der Waals surface area contributed by atoms with E-state index in [9.17, 15) is 9.59 Å². The number of amides is 1. The third kappa shape index (κ3) is 10.3. The largest absolute Gasteiger partial charge is 0.467 e. The highest BCUT2D eigenvalue weighted by Crippen LogP contribution is 2.44. The van der Waals surface area contributed by atoms with Crippen LogP contribution in [0.4, 0.5) is 4.79 Å². The Hall–Kier alpha value is -1.99. The van der Waals surface area contributed by atoms with Gasteiger partial charge in [0.2, 0.25) is 0 Å². The van der Waals surface area contributed by atoms with Crippen molar-refractivity contribution in [3.8, 4) is 11.1 Å². The summed E-state index contributed by atoms with van der Waals surface area (Å²) in [5.74, 6) is 2.06. The first-order valence-corrected chi connectivity index (χ1v) is 18.0. The van der Waals surface area contributed by atoms with Crippen molar-refractivity contribution in [3.63, 3.8) is 0 Å². The molecule has 0 aromatic heterocycles. The van der Waals surface area contributed by atoms with Crippen molar-refractivity contribution < 1.29 is 19.1 Å². The number of hydrogen-bond acceptors (Lipinski definition) is 9. The van der Waals surface area contributed by atoms with E-state index < -0.39 is 12.1 Å². The Labute approximate surface area is 272 Å². The summed E-state index contributed by atoms with van der Waals surface area (Å²) in [5.41, 5.74) is 4.78. The Morgan fingerprint density at radius 2 is 1.57 bits per heavy atom. The second kappa shape index (κ2) is 18.0. The number of nitrogens with one attached hydrogen (secondary N) is 3. The molecule has 0 radical (unpaired) electrons. The topological polar surface area (TPSA) is 88.7 Å². The summed E-state index contributed by atoms with van der Waals surface area (Å²) in [6.07, 6.45) is 2.22. The fourth-order valence-electron chi connectivity index (χ4n) is 4.52. The van der Waals surface area contributed by atoms with Gasteiger partial charge in [0.15, 0.2) is 0 Å². The average Bonchev–Trinajstić information content (AvgIpc) is 3.31. The maximum atomic E-state index is 12.8. The Balaban J connectivity index is 1.38. The highest BCUT2D eigenvalue weighted by molar-refractivity contribution is 8.23. The summed E-state index contributed by atoms with van der Waals surface area (Å²) in [7, 11) is 1.38. The number of esters is 1. The third-order valence-electron chi connectivity index (χ3n) is 6.84. The predicted octanol–water partition coefficient (Wildman–Crippen LogP) is 6.06. The number of thioether (sulfide) groups is 3. The number of benzene rings is 2. The van der Waals surface area contributed by atoms with E-state index in [2.05, 4.69) is 54.1 Å². The molecular formula is C30H39N3O4S5. The lowest BCUT2D eigenvalue weighted by Gasteiger charge is -2.23. The van der Waals surface area contributed by atoms with Crippen LogP contribution in [0, 0.1) is 5.92 Å². The normalized spacial score (nSPS) is 13.5. The summed E-state index contributed by atoms with van der Waals surface area (Å²) < 4.78 is 11.8. The minimum absolute atomic E-state index is 0.0226. The Morgan fingerprint density at radius 3 is 2.17 bits per heavy atom. The van der Waals surface area contributed by atoms with Gasteiger partial charge in [0.1, 0.15) is 21.3 Å². The zero-order valence-electron chi connectivity index (χ0n) is 24.3. The van der Waals surface area contributed by atoms with E-state index in [0.717, 1.165) is 5.75 Å². The van der Waals surface area contributed by atoms with Crippen molar-refractivity contribution in [2.24, 2.45) is 5.92 Å². The number of rotatable bonds is 14. The number of fused-ring (bicyclic) bond motifs is 3. The van der Waals surface area contributed by atoms with Crippen LogP contribution in [0.3, 0.4) is 0 Å². The molecule has 12 heteroatoms. The second-order valence-corrected chi connectivity index (χ2v) is 14.4. The fraction of sp³-hybridized carbons (Fsp3) is 0.467. The fourth-order valence-corrected chi connectivity index (χ4v) is 7.30. The number of methoxy groups -OCH3 is 1. The van der Waals surface area contributed by atoms with Crippen molar-refractivity contribution in [2.45, 2.75) is 38.3 Å². The minimum Gasteiger partial charge on any atom is -0.467 e. The van der Waals surface area contributed by atoms with Gasteiger partial charge in [0.05, 0.1) is 7.11 Å². The minimum atomic E-state index is -0.441. The summed E-state index contributed by atoms with van der Waals surface area (Å²) in [5, 5.41) is 9.36. The molecule has 0 heterocycles. The smallest absolute Gasteiger partial charge is 0.407 e. The van der Waals surface area contributed by atoms with Gasteiger partial charge in [-0.05, 0) is 46.6 Å². The molecule has 42 heavy (non-hydrogen) atoms. The zero-order chi connectivity index (χ0) is 30.5. The van der Waals surface area contributed by atoms with E-state index in [1.165, 1.54) is 52.9 Å². The highest BCUT2D eigenvalue weighted by Gasteiger charge is 2.29. The van der Waals surface area contributed by atoms with Crippen LogP contribution in [0.1, 0.15) is 37.3 Å². The number of ether oxygens (including phenoxy) is 2. The molecule has 0 aliphatic heterocycles. The lowest BCUT2D eigenvalue weighted by Crippen LogP contribution is -2.41. The molecular weight excluding hydrogens is 627 g/mol. The molecule has 1 amide bonds. The van der Waals surface area contributed by atoms with E-state index in [0.29, 0.717) is 33.1 Å². The maximum absolute atomic E-state index is 12.8. The van der Waals surface area contributed by atoms with Crippen LogP contribution >= 0.6 is 59.7 Å². The highest BCUT2D eigenvalue weighted by atomic mass is 32.2. The van der Waals surface area contributed by atoms with Gasteiger partial charge in [0.25, 0.3) is 0 Å². The molecule has 3 N–H and O–H groups in total. The van der Waals surface area contributed by atoms with Crippen molar-refractivity contribution in [1.82, 2.24) is 16.0 Å². The molecule has 0 bridgehead atoms. The van der Waals surface area contributed by atoms with Crippen LogP contribution in [0.5, 0.6) is 0 Å². The number of thiocarbonyl (C=S) groups is 2. The Kier molecular flexibility index (Phi) is 14.8. The van der Waals surface area contributed by atoms with Gasteiger partial charge in [0, 0.05) is 30.0 Å². The molecule has 0 spiro atoms. The van der Waals surface area contributed by atoms with Crippen LogP contribution in [0.15, 0.2) is 48.5 Å². The molecule has 0 saturated carbocycles. The lowest BCUT2D eigenvalue weighted by molar-refractivity contribution is -0.142. The van der Waals surface area contributed by atoms with Crippen molar-refractivity contribution in [3.05, 3.63) is 59.7 Å². The first kappa shape index (κ1) is 34.5. The van der Waals surface area contributed by atoms with E-state index in [1.807, 2.05) is 30.5 Å². The van der Waals surface area contributed by atoms with Crippen molar-refractivity contribution in [2.75, 3.05) is 43.8 Å². The van der Waals surface area contributed by atoms with Gasteiger partial charge in [-0.2, -0.15) is 11.8 Å². The monoisotopic (exact) mass is 665 g/mol. The SMILES string of the molecule is COC(=O)[C@H](CCSC)NC(=S)SCCNC(=S)SC[C@@H](NC(=O)OCC1c2ccccc2-c2ccccc21)C(C)C. The number of alkyl carbamates (subject to hydrolysis) is 1. The molecule has 1 aliphatic carbocycles. The predicted molar refractivity (Wildman–Crippen MR) is 187 cm³/mol. The quantitative estimate of drug-likeness (QED) is 0.125. The van der Waals surface area contributed by atoms with Gasteiger partial charge < -0.3 is 25.4 Å². The average molecular weight is 666 g/mol. The van der Waals surface area contributed by atoms with Crippen molar-refractivity contribution >= 4 is 80.4 Å². The van der Waals surface area contributed by atoms with E-state index in [4.69, 9.17) is 33.9 Å². The Morgan fingerprint density at radius 1 is 0.929 bits per heavy atom. The Bertz CT molecular complexity index is 1180. The first-order chi connectivity index (χ1) is 20.2. The van der Waals surface area contributed by atoms with Crippen LogP contribution in [-0.4, -0.2) is 76.6 Å². The maximum Gasteiger partial charge on any atom is 0.407 e. The molecule has 2 aromatic carbocycles. The van der Waals surface area contributed by atoms with Crippen LogP contribution in [0.2, 0.25) is 0 Å². The summed E-state index contributed by atoms with van der Waals surface area (Å²) >= 11 is 15.5. The van der Waals surface area contributed by atoms with Crippen molar-refractivity contribution in [1.29, 1.82) is 0 Å². The number of carbonyl (C=O) groups is 2. The molecule has 228 valence electrons. The second-order valence-electron chi connectivity index (χ2n) is 9.98. The summed E-state index contributed by atoms with van der Waals surface area (Å²) in [4.78, 5) is 24.8. The van der Waals surface area contributed by atoms with Gasteiger partial charge in [-0.3, -0.25) is 0 Å². The van der Waals surface area contributed by atoms with Crippen LogP contribution in [0.25, 0.3) is 11.1 Å². The van der Waals surface area contributed by atoms with Crippen LogP contribution < -0.4 is 16.0 Å². The van der Waals surface area contributed by atoms with E-state index >= 15 is 0 Å². The molecule has 1 aliphatic rings. The van der Waals surface area contributed by atoms with E-state index in [-0.39, 0.29) is 30.5 Å². The first-order valence-electron chi connectivity index (χ1n) is 13.8. The number of hydrogen-bond donors (Lipinski definition) is 3. The molecule has 7 nitrogen and oxygen atoms in total. The summed E-state index contributed by atoms with van der Waals surface area (Å²) in [6, 6.07) is 16.0.